The average molecular weight is 306 g/mol. The molecule has 23 heavy (non-hydrogen) atoms. The molecule has 0 bridgehead atoms. The van der Waals surface area contributed by atoms with Gasteiger partial charge in [0.15, 0.2) is 5.82 Å². The van der Waals surface area contributed by atoms with Gasteiger partial charge < -0.3 is 10.2 Å². The fourth-order valence-electron chi connectivity index (χ4n) is 3.06. The van der Waals surface area contributed by atoms with E-state index in [1.807, 2.05) is 36.4 Å². The molecule has 0 amide bonds. The van der Waals surface area contributed by atoms with E-state index < -0.39 is 0 Å². The standard InChI is InChI=1S/C17H18N6/c1-2-7-15-14(6-1)18-12-16(21-15)19-11-13-5-4-10-23(13)17-8-3-9-20-22-17/h1-3,6-9,12-13H,4-5,10-11H2,(H,19,21). The maximum absolute atomic E-state index is 4.61. The lowest BCUT2D eigenvalue weighted by molar-refractivity contribution is 0.685. The maximum Gasteiger partial charge on any atom is 0.151 e. The van der Waals surface area contributed by atoms with Gasteiger partial charge in [-0.1, -0.05) is 12.1 Å². The molecule has 3 aromatic rings. The van der Waals surface area contributed by atoms with Crippen LogP contribution >= 0.6 is 0 Å². The summed E-state index contributed by atoms with van der Waals surface area (Å²) in [5, 5.41) is 11.6. The molecule has 6 nitrogen and oxygen atoms in total. The Morgan fingerprint density at radius 1 is 1.13 bits per heavy atom. The van der Waals surface area contributed by atoms with Crippen LogP contribution in [0.15, 0.2) is 48.8 Å². The highest BCUT2D eigenvalue weighted by Crippen LogP contribution is 2.23. The van der Waals surface area contributed by atoms with E-state index in [9.17, 15) is 0 Å². The molecular weight excluding hydrogens is 288 g/mol. The number of hydrogen-bond donors (Lipinski definition) is 1. The number of aromatic nitrogens is 4. The van der Waals surface area contributed by atoms with E-state index in [1.54, 1.807) is 12.4 Å². The zero-order chi connectivity index (χ0) is 15.5. The third kappa shape index (κ3) is 2.92. The molecule has 1 atom stereocenters. The molecule has 3 heterocycles. The minimum atomic E-state index is 0.403. The predicted molar refractivity (Wildman–Crippen MR) is 90.4 cm³/mol. The zero-order valence-corrected chi connectivity index (χ0v) is 12.8. The molecule has 1 aliphatic rings. The molecule has 116 valence electrons. The number of nitrogens with one attached hydrogen (secondary N) is 1. The first-order valence-corrected chi connectivity index (χ1v) is 7.90. The van der Waals surface area contributed by atoms with Crippen LogP contribution in [0.4, 0.5) is 11.6 Å². The largest absolute Gasteiger partial charge is 0.367 e. The lowest BCUT2D eigenvalue weighted by atomic mass is 10.2. The number of anilines is 2. The highest BCUT2D eigenvalue weighted by atomic mass is 15.3. The third-order valence-electron chi connectivity index (χ3n) is 4.20. The Kier molecular flexibility index (Phi) is 3.71. The van der Waals surface area contributed by atoms with Crippen LogP contribution in [0.2, 0.25) is 0 Å². The first-order valence-electron chi connectivity index (χ1n) is 7.90. The SMILES string of the molecule is c1cnnc(N2CCCC2CNc2cnc3ccccc3n2)c1. The molecule has 6 heteroatoms. The van der Waals surface area contributed by atoms with Gasteiger partial charge in [-0.05, 0) is 37.1 Å². The molecule has 1 fully saturated rings. The lowest BCUT2D eigenvalue weighted by Gasteiger charge is -2.25. The van der Waals surface area contributed by atoms with Gasteiger partial charge in [0.1, 0.15) is 5.82 Å². The van der Waals surface area contributed by atoms with Crippen LogP contribution in [0.25, 0.3) is 11.0 Å². The van der Waals surface area contributed by atoms with Crippen molar-refractivity contribution in [2.45, 2.75) is 18.9 Å². The van der Waals surface area contributed by atoms with Crippen LogP contribution in [0.3, 0.4) is 0 Å². The molecule has 1 N–H and O–H groups in total. The summed E-state index contributed by atoms with van der Waals surface area (Å²) in [6.45, 7) is 1.85. The van der Waals surface area contributed by atoms with E-state index in [2.05, 4.69) is 30.4 Å². The normalized spacial score (nSPS) is 17.6. The number of benzene rings is 1. The van der Waals surface area contributed by atoms with Crippen molar-refractivity contribution in [2.75, 3.05) is 23.3 Å². The summed E-state index contributed by atoms with van der Waals surface area (Å²) in [5.41, 5.74) is 1.83. The zero-order valence-electron chi connectivity index (χ0n) is 12.8. The molecule has 0 saturated carbocycles. The molecule has 4 rings (SSSR count). The smallest absolute Gasteiger partial charge is 0.151 e. The minimum Gasteiger partial charge on any atom is -0.367 e. The van der Waals surface area contributed by atoms with Crippen LogP contribution < -0.4 is 10.2 Å². The minimum absolute atomic E-state index is 0.403. The van der Waals surface area contributed by atoms with E-state index in [1.165, 1.54) is 6.42 Å². The molecular formula is C17H18N6. The average Bonchev–Trinajstić information content (AvgIpc) is 3.09. The van der Waals surface area contributed by atoms with Crippen molar-refractivity contribution in [3.63, 3.8) is 0 Å². The van der Waals surface area contributed by atoms with Crippen LogP contribution in [-0.4, -0.2) is 39.3 Å². The summed E-state index contributed by atoms with van der Waals surface area (Å²) in [6, 6.07) is 12.3. The van der Waals surface area contributed by atoms with Crippen molar-refractivity contribution >= 4 is 22.7 Å². The molecule has 1 aromatic carbocycles. The lowest BCUT2D eigenvalue weighted by Crippen LogP contribution is -2.35. The second kappa shape index (κ2) is 6.16. The second-order valence-electron chi connectivity index (χ2n) is 5.70. The predicted octanol–water partition coefficient (Wildman–Crippen LogP) is 2.50. The number of fused-ring (bicyclic) bond motifs is 1. The summed E-state index contributed by atoms with van der Waals surface area (Å²) in [5.74, 6) is 1.76. The first kappa shape index (κ1) is 13.9. The van der Waals surface area contributed by atoms with Crippen LogP contribution in [-0.2, 0) is 0 Å². The van der Waals surface area contributed by atoms with Gasteiger partial charge in [0.25, 0.3) is 0 Å². The van der Waals surface area contributed by atoms with Crippen LogP contribution in [0.5, 0.6) is 0 Å². The highest BCUT2D eigenvalue weighted by Gasteiger charge is 2.25. The van der Waals surface area contributed by atoms with E-state index in [4.69, 9.17) is 0 Å². The molecule has 0 aliphatic carbocycles. The van der Waals surface area contributed by atoms with Gasteiger partial charge in [-0.3, -0.25) is 4.98 Å². The molecule has 0 radical (unpaired) electrons. The Morgan fingerprint density at radius 2 is 2.04 bits per heavy atom. The van der Waals surface area contributed by atoms with E-state index in [-0.39, 0.29) is 0 Å². The van der Waals surface area contributed by atoms with E-state index in [0.29, 0.717) is 6.04 Å². The fraction of sp³-hybridized carbons (Fsp3) is 0.294. The van der Waals surface area contributed by atoms with Gasteiger partial charge >= 0.3 is 0 Å². The van der Waals surface area contributed by atoms with Gasteiger partial charge in [0, 0.05) is 25.3 Å². The first-order chi connectivity index (χ1) is 11.4. The highest BCUT2D eigenvalue weighted by molar-refractivity contribution is 5.75. The second-order valence-corrected chi connectivity index (χ2v) is 5.70. The van der Waals surface area contributed by atoms with Crippen molar-refractivity contribution < 1.29 is 0 Å². The number of para-hydroxylation sites is 2. The summed E-state index contributed by atoms with van der Waals surface area (Å²) in [6.07, 6.45) is 5.82. The van der Waals surface area contributed by atoms with E-state index in [0.717, 1.165) is 42.2 Å². The van der Waals surface area contributed by atoms with Crippen molar-refractivity contribution in [1.29, 1.82) is 0 Å². The molecule has 0 spiro atoms. The maximum atomic E-state index is 4.61. The van der Waals surface area contributed by atoms with E-state index >= 15 is 0 Å². The fourth-order valence-corrected chi connectivity index (χ4v) is 3.06. The van der Waals surface area contributed by atoms with Gasteiger partial charge in [-0.15, -0.1) is 5.10 Å². The summed E-state index contributed by atoms with van der Waals surface area (Å²) in [7, 11) is 0. The molecule has 1 saturated heterocycles. The van der Waals surface area contributed by atoms with Crippen molar-refractivity contribution in [1.82, 2.24) is 20.2 Å². The molecule has 1 unspecified atom stereocenters. The van der Waals surface area contributed by atoms with Crippen LogP contribution in [0, 0.1) is 0 Å². The third-order valence-corrected chi connectivity index (χ3v) is 4.20. The van der Waals surface area contributed by atoms with Crippen molar-refractivity contribution in [3.8, 4) is 0 Å². The molecule has 1 aliphatic heterocycles. The summed E-state index contributed by atoms with van der Waals surface area (Å²) >= 11 is 0. The van der Waals surface area contributed by atoms with Gasteiger partial charge in [-0.2, -0.15) is 5.10 Å². The quantitative estimate of drug-likeness (QED) is 0.799. The number of nitrogens with zero attached hydrogens (tertiary/aromatic N) is 5. The van der Waals surface area contributed by atoms with Crippen molar-refractivity contribution in [2.24, 2.45) is 0 Å². The summed E-state index contributed by atoms with van der Waals surface area (Å²) in [4.78, 5) is 11.4. The molecule has 2 aromatic heterocycles. The monoisotopic (exact) mass is 306 g/mol. The Morgan fingerprint density at radius 3 is 2.91 bits per heavy atom. The summed E-state index contributed by atoms with van der Waals surface area (Å²) < 4.78 is 0. The Labute approximate surface area is 134 Å². The number of rotatable bonds is 4. The van der Waals surface area contributed by atoms with Crippen molar-refractivity contribution in [3.05, 3.63) is 48.8 Å². The Bertz CT molecular complexity index is 791. The Balaban J connectivity index is 1.47. The van der Waals surface area contributed by atoms with Gasteiger partial charge in [0.2, 0.25) is 0 Å². The Hall–Kier alpha value is -2.76. The van der Waals surface area contributed by atoms with Crippen LogP contribution in [0.1, 0.15) is 12.8 Å². The number of hydrogen-bond acceptors (Lipinski definition) is 6. The topological polar surface area (TPSA) is 66.8 Å². The van der Waals surface area contributed by atoms with Gasteiger partial charge in [-0.25, -0.2) is 4.98 Å². The van der Waals surface area contributed by atoms with Gasteiger partial charge in [0.05, 0.1) is 17.2 Å².